The normalized spacial score (nSPS) is 13.1. The van der Waals surface area contributed by atoms with Gasteiger partial charge in [0.2, 0.25) is 0 Å². The van der Waals surface area contributed by atoms with Crippen LogP contribution in [0.25, 0.3) is 5.65 Å². The zero-order chi connectivity index (χ0) is 12.3. The molecule has 2 aromatic heterocycles. The van der Waals surface area contributed by atoms with Crippen LogP contribution in [0.3, 0.4) is 0 Å². The molecule has 17 heavy (non-hydrogen) atoms. The van der Waals surface area contributed by atoms with Crippen molar-refractivity contribution in [1.29, 1.82) is 0 Å². The highest BCUT2D eigenvalue weighted by molar-refractivity contribution is 5.59. The van der Waals surface area contributed by atoms with E-state index in [4.69, 9.17) is 10.5 Å². The summed E-state index contributed by atoms with van der Waals surface area (Å²) in [5, 5.41) is 0. The van der Waals surface area contributed by atoms with Gasteiger partial charge in [-0.25, -0.2) is 9.97 Å². The van der Waals surface area contributed by atoms with Gasteiger partial charge >= 0.3 is 0 Å². The number of imidazole rings is 1. The Kier molecular flexibility index (Phi) is 3.58. The highest BCUT2D eigenvalue weighted by atomic mass is 16.5. The van der Waals surface area contributed by atoms with E-state index in [2.05, 4.69) is 16.9 Å². The first kappa shape index (κ1) is 11.9. The predicted octanol–water partition coefficient (Wildman–Crippen LogP) is 1.84. The van der Waals surface area contributed by atoms with Crippen LogP contribution in [0.4, 0.5) is 5.82 Å². The summed E-state index contributed by atoms with van der Waals surface area (Å²) >= 11 is 0. The van der Waals surface area contributed by atoms with Gasteiger partial charge in [-0.3, -0.25) is 4.40 Å². The number of fused-ring (bicyclic) bond motifs is 1. The van der Waals surface area contributed by atoms with Crippen molar-refractivity contribution in [2.45, 2.75) is 25.7 Å². The molecule has 0 aliphatic carbocycles. The van der Waals surface area contributed by atoms with Crippen LogP contribution in [0.2, 0.25) is 0 Å². The molecule has 5 nitrogen and oxygen atoms in total. The van der Waals surface area contributed by atoms with Crippen LogP contribution in [0.1, 0.15) is 31.4 Å². The molecule has 0 spiro atoms. The van der Waals surface area contributed by atoms with E-state index < -0.39 is 0 Å². The standard InChI is InChI=1S/C12H18N4O/c1-9(4-3-7-17-2)10-8-15-12-11(13)14-5-6-16(10)12/h5-6,8-9H,3-4,7H2,1-2H3,(H2,13,14). The van der Waals surface area contributed by atoms with Crippen LogP contribution >= 0.6 is 0 Å². The van der Waals surface area contributed by atoms with Gasteiger partial charge < -0.3 is 10.5 Å². The summed E-state index contributed by atoms with van der Waals surface area (Å²) in [4.78, 5) is 8.34. The molecule has 0 radical (unpaired) electrons. The summed E-state index contributed by atoms with van der Waals surface area (Å²) in [7, 11) is 1.73. The number of hydrogen-bond acceptors (Lipinski definition) is 4. The Hall–Kier alpha value is -1.62. The third-order valence-corrected chi connectivity index (χ3v) is 2.97. The minimum absolute atomic E-state index is 0.432. The number of methoxy groups -OCH3 is 1. The SMILES string of the molecule is COCCCC(C)c1cnc2c(N)nccn12. The van der Waals surface area contributed by atoms with Crippen molar-refractivity contribution in [3.05, 3.63) is 24.3 Å². The molecule has 0 bridgehead atoms. The lowest BCUT2D eigenvalue weighted by Crippen LogP contribution is -2.02. The Labute approximate surface area is 101 Å². The second-order valence-electron chi connectivity index (χ2n) is 4.23. The minimum Gasteiger partial charge on any atom is -0.385 e. The first-order valence-corrected chi connectivity index (χ1v) is 5.80. The van der Waals surface area contributed by atoms with Crippen LogP contribution < -0.4 is 5.73 Å². The summed E-state index contributed by atoms with van der Waals surface area (Å²) < 4.78 is 7.08. The maximum Gasteiger partial charge on any atom is 0.180 e. The van der Waals surface area contributed by atoms with E-state index in [1.165, 1.54) is 5.69 Å². The fourth-order valence-electron chi connectivity index (χ4n) is 2.00. The van der Waals surface area contributed by atoms with E-state index in [0.717, 1.165) is 25.1 Å². The molecule has 0 saturated carbocycles. The molecule has 2 heterocycles. The van der Waals surface area contributed by atoms with Gasteiger partial charge in [-0.1, -0.05) is 6.92 Å². The third kappa shape index (κ3) is 2.39. The second-order valence-corrected chi connectivity index (χ2v) is 4.23. The van der Waals surface area contributed by atoms with Crippen LogP contribution in [0.5, 0.6) is 0 Å². The number of aromatic nitrogens is 3. The smallest absolute Gasteiger partial charge is 0.180 e. The van der Waals surface area contributed by atoms with E-state index in [1.54, 1.807) is 13.3 Å². The topological polar surface area (TPSA) is 65.4 Å². The Morgan fingerprint density at radius 2 is 2.29 bits per heavy atom. The second kappa shape index (κ2) is 5.14. The maximum absolute atomic E-state index is 5.78. The minimum atomic E-state index is 0.432. The maximum atomic E-state index is 5.78. The molecule has 0 fully saturated rings. The first-order chi connectivity index (χ1) is 8.24. The van der Waals surface area contributed by atoms with Gasteiger partial charge in [-0.2, -0.15) is 0 Å². The Morgan fingerprint density at radius 3 is 3.06 bits per heavy atom. The molecule has 2 aromatic rings. The fraction of sp³-hybridized carbons (Fsp3) is 0.500. The van der Waals surface area contributed by atoms with E-state index in [1.807, 2.05) is 16.8 Å². The number of hydrogen-bond donors (Lipinski definition) is 1. The molecule has 2 N–H and O–H groups in total. The molecule has 5 heteroatoms. The molecule has 92 valence electrons. The van der Waals surface area contributed by atoms with Gasteiger partial charge in [-0.15, -0.1) is 0 Å². The Bertz CT molecular complexity index is 494. The summed E-state index contributed by atoms with van der Waals surface area (Å²) in [5.74, 6) is 0.907. The lowest BCUT2D eigenvalue weighted by Gasteiger charge is -2.10. The number of rotatable bonds is 5. The average Bonchev–Trinajstić information content (AvgIpc) is 2.74. The van der Waals surface area contributed by atoms with E-state index in [9.17, 15) is 0 Å². The lowest BCUT2D eigenvalue weighted by molar-refractivity contribution is 0.191. The van der Waals surface area contributed by atoms with Gasteiger partial charge in [0.25, 0.3) is 0 Å². The number of nitrogens with zero attached hydrogens (tertiary/aromatic N) is 3. The van der Waals surface area contributed by atoms with Crippen molar-refractivity contribution >= 4 is 11.5 Å². The van der Waals surface area contributed by atoms with Crippen LogP contribution in [0.15, 0.2) is 18.6 Å². The average molecular weight is 234 g/mol. The molecule has 0 aliphatic heterocycles. The predicted molar refractivity (Wildman–Crippen MR) is 66.9 cm³/mol. The van der Waals surface area contributed by atoms with Gasteiger partial charge in [0.1, 0.15) is 0 Å². The molecular weight excluding hydrogens is 216 g/mol. The highest BCUT2D eigenvalue weighted by Crippen LogP contribution is 2.22. The van der Waals surface area contributed by atoms with Crippen molar-refractivity contribution in [3.8, 4) is 0 Å². The van der Waals surface area contributed by atoms with Crippen molar-refractivity contribution in [2.24, 2.45) is 0 Å². The first-order valence-electron chi connectivity index (χ1n) is 5.80. The van der Waals surface area contributed by atoms with Gasteiger partial charge in [0, 0.05) is 38.0 Å². The molecule has 1 atom stereocenters. The van der Waals surface area contributed by atoms with Crippen LogP contribution in [-0.2, 0) is 4.74 Å². The van der Waals surface area contributed by atoms with E-state index in [0.29, 0.717) is 11.7 Å². The molecule has 0 amide bonds. The molecule has 0 aromatic carbocycles. The van der Waals surface area contributed by atoms with Crippen molar-refractivity contribution < 1.29 is 4.74 Å². The van der Waals surface area contributed by atoms with Gasteiger partial charge in [0.15, 0.2) is 11.5 Å². The summed E-state index contributed by atoms with van der Waals surface area (Å²) in [6.07, 6.45) is 7.61. The number of nitrogens with two attached hydrogens (primary N) is 1. The van der Waals surface area contributed by atoms with Gasteiger partial charge in [0.05, 0.1) is 0 Å². The number of nitrogen functional groups attached to an aromatic ring is 1. The molecular formula is C12H18N4O. The Morgan fingerprint density at radius 1 is 1.47 bits per heavy atom. The largest absolute Gasteiger partial charge is 0.385 e. The lowest BCUT2D eigenvalue weighted by atomic mass is 10.0. The van der Waals surface area contributed by atoms with Crippen LogP contribution in [-0.4, -0.2) is 28.1 Å². The molecule has 2 rings (SSSR count). The van der Waals surface area contributed by atoms with Crippen molar-refractivity contribution in [3.63, 3.8) is 0 Å². The Balaban J connectivity index is 2.21. The summed E-state index contributed by atoms with van der Waals surface area (Å²) in [5.41, 5.74) is 7.69. The van der Waals surface area contributed by atoms with Crippen molar-refractivity contribution in [1.82, 2.24) is 14.4 Å². The fourth-order valence-corrected chi connectivity index (χ4v) is 2.00. The summed E-state index contributed by atoms with van der Waals surface area (Å²) in [6, 6.07) is 0. The molecule has 1 unspecified atom stereocenters. The monoisotopic (exact) mass is 234 g/mol. The third-order valence-electron chi connectivity index (χ3n) is 2.97. The number of anilines is 1. The quantitative estimate of drug-likeness (QED) is 0.802. The zero-order valence-electron chi connectivity index (χ0n) is 10.3. The van der Waals surface area contributed by atoms with Crippen LogP contribution in [0, 0.1) is 0 Å². The highest BCUT2D eigenvalue weighted by Gasteiger charge is 2.12. The number of ether oxygens (including phenoxy) is 1. The van der Waals surface area contributed by atoms with Crippen molar-refractivity contribution in [2.75, 3.05) is 19.5 Å². The van der Waals surface area contributed by atoms with E-state index >= 15 is 0 Å². The van der Waals surface area contributed by atoms with Gasteiger partial charge in [-0.05, 0) is 18.8 Å². The summed E-state index contributed by atoms with van der Waals surface area (Å²) in [6.45, 7) is 2.99. The molecule has 0 saturated heterocycles. The van der Waals surface area contributed by atoms with E-state index in [-0.39, 0.29) is 0 Å². The molecule has 0 aliphatic rings. The zero-order valence-corrected chi connectivity index (χ0v) is 10.3.